The molecule has 86 valence electrons. The number of rotatable bonds is 3. The molecule has 0 aliphatic carbocycles. The number of esters is 4. The normalized spacial score (nSPS) is 27.4. The van der Waals surface area contributed by atoms with Crippen LogP contribution >= 0.6 is 0 Å². The van der Waals surface area contributed by atoms with E-state index in [0.29, 0.717) is 0 Å². The lowest BCUT2D eigenvalue weighted by Gasteiger charge is -2.27. The summed E-state index contributed by atoms with van der Waals surface area (Å²) in [7, 11) is 0. The molecule has 0 N–H and O–H groups in total. The zero-order valence-electron chi connectivity index (χ0n) is 8.60. The van der Waals surface area contributed by atoms with Crippen molar-refractivity contribution in [3.8, 4) is 0 Å². The summed E-state index contributed by atoms with van der Waals surface area (Å²) in [6.45, 7) is 1.68. The van der Waals surface area contributed by atoms with E-state index < -0.39 is 35.7 Å². The van der Waals surface area contributed by atoms with Gasteiger partial charge in [0.25, 0.3) is 0 Å². The van der Waals surface area contributed by atoms with E-state index in [1.54, 1.807) is 6.92 Å². The van der Waals surface area contributed by atoms with Gasteiger partial charge in [0.2, 0.25) is 0 Å². The van der Waals surface area contributed by atoms with Crippen molar-refractivity contribution in [1.82, 2.24) is 0 Å². The molecule has 0 bridgehead atoms. The molecule has 2 aliphatic heterocycles. The number of carbonyl (C=O) groups is 4. The third kappa shape index (κ3) is 1.70. The predicted molar refractivity (Wildman–Crippen MR) is 47.6 cm³/mol. The van der Waals surface area contributed by atoms with Gasteiger partial charge in [0.15, 0.2) is 5.92 Å². The molecule has 2 unspecified atom stereocenters. The van der Waals surface area contributed by atoms with E-state index in [4.69, 9.17) is 0 Å². The largest absolute Gasteiger partial charge is 0.393 e. The van der Waals surface area contributed by atoms with Crippen molar-refractivity contribution in [1.29, 1.82) is 0 Å². The highest BCUT2D eigenvalue weighted by molar-refractivity contribution is 6.09. The van der Waals surface area contributed by atoms with Crippen LogP contribution in [0.2, 0.25) is 0 Å². The first-order valence-electron chi connectivity index (χ1n) is 4.99. The topological polar surface area (TPSA) is 86.7 Å². The van der Waals surface area contributed by atoms with Gasteiger partial charge >= 0.3 is 23.9 Å². The second-order valence-corrected chi connectivity index (χ2v) is 4.12. The third-order valence-corrected chi connectivity index (χ3v) is 2.90. The van der Waals surface area contributed by atoms with Crippen molar-refractivity contribution < 1.29 is 28.7 Å². The van der Waals surface area contributed by atoms with E-state index in [2.05, 4.69) is 9.47 Å². The Bertz CT molecular complexity index is 371. The highest BCUT2D eigenvalue weighted by atomic mass is 16.6. The van der Waals surface area contributed by atoms with Crippen molar-refractivity contribution in [2.75, 3.05) is 0 Å². The standard InChI is InChI=1S/C10H10O6/c1-4(7-9(13)16-10(7)14)2-5-3-6(11)15-8(5)12/h4-5,7H,2-3H2,1H3. The van der Waals surface area contributed by atoms with E-state index >= 15 is 0 Å². The molecule has 0 spiro atoms. The summed E-state index contributed by atoms with van der Waals surface area (Å²) >= 11 is 0. The lowest BCUT2D eigenvalue weighted by Crippen LogP contribution is -2.45. The molecule has 0 saturated carbocycles. The van der Waals surface area contributed by atoms with Crippen molar-refractivity contribution >= 4 is 23.9 Å². The van der Waals surface area contributed by atoms with Crippen molar-refractivity contribution in [3.63, 3.8) is 0 Å². The van der Waals surface area contributed by atoms with Gasteiger partial charge < -0.3 is 9.47 Å². The van der Waals surface area contributed by atoms with Gasteiger partial charge in [-0.15, -0.1) is 0 Å². The zero-order valence-corrected chi connectivity index (χ0v) is 8.60. The fourth-order valence-electron chi connectivity index (χ4n) is 2.02. The Hall–Kier alpha value is -1.72. The van der Waals surface area contributed by atoms with Crippen LogP contribution in [-0.2, 0) is 28.7 Å². The second-order valence-electron chi connectivity index (χ2n) is 4.12. The van der Waals surface area contributed by atoms with Crippen LogP contribution in [0, 0.1) is 17.8 Å². The maximum absolute atomic E-state index is 11.2. The summed E-state index contributed by atoms with van der Waals surface area (Å²) in [6.07, 6.45) is 0.315. The average molecular weight is 226 g/mol. The fourth-order valence-corrected chi connectivity index (χ4v) is 2.02. The van der Waals surface area contributed by atoms with Gasteiger partial charge in [-0.3, -0.25) is 19.2 Å². The molecule has 6 heteroatoms. The minimum absolute atomic E-state index is 0.0269. The monoisotopic (exact) mass is 226 g/mol. The summed E-state index contributed by atoms with van der Waals surface area (Å²) < 4.78 is 8.61. The number of cyclic esters (lactones) is 4. The maximum Gasteiger partial charge on any atom is 0.328 e. The Labute approximate surface area is 90.9 Å². The van der Waals surface area contributed by atoms with Gasteiger partial charge in [-0.2, -0.15) is 0 Å². The predicted octanol–water partition coefficient (Wildman–Crippen LogP) is -0.198. The molecule has 0 aromatic rings. The van der Waals surface area contributed by atoms with E-state index in [-0.39, 0.29) is 18.8 Å². The lowest BCUT2D eigenvalue weighted by molar-refractivity contribution is -0.187. The average Bonchev–Trinajstić information content (AvgIpc) is 2.44. The van der Waals surface area contributed by atoms with Gasteiger partial charge in [0, 0.05) is 0 Å². The van der Waals surface area contributed by atoms with E-state index in [1.807, 2.05) is 0 Å². The van der Waals surface area contributed by atoms with Gasteiger partial charge in [-0.25, -0.2) is 0 Å². The molecular weight excluding hydrogens is 216 g/mol. The second kappa shape index (κ2) is 3.70. The van der Waals surface area contributed by atoms with Crippen LogP contribution in [0.1, 0.15) is 19.8 Å². The van der Waals surface area contributed by atoms with E-state index in [9.17, 15) is 19.2 Å². The first kappa shape index (κ1) is 10.8. The molecule has 2 atom stereocenters. The van der Waals surface area contributed by atoms with Crippen LogP contribution in [0.4, 0.5) is 0 Å². The van der Waals surface area contributed by atoms with Gasteiger partial charge in [0.1, 0.15) is 0 Å². The summed E-state index contributed by atoms with van der Waals surface area (Å²) in [6, 6.07) is 0. The van der Waals surface area contributed by atoms with Crippen LogP contribution in [0.3, 0.4) is 0 Å². The molecule has 0 amide bonds. The number of ether oxygens (including phenoxy) is 2. The van der Waals surface area contributed by atoms with Crippen molar-refractivity contribution in [2.45, 2.75) is 19.8 Å². The minimum atomic E-state index is -0.788. The molecule has 0 aromatic carbocycles. The Kier molecular flexibility index (Phi) is 2.49. The highest BCUT2D eigenvalue weighted by Crippen LogP contribution is 2.32. The number of hydrogen-bond donors (Lipinski definition) is 0. The maximum atomic E-state index is 11.2. The van der Waals surface area contributed by atoms with E-state index in [1.165, 1.54) is 0 Å². The van der Waals surface area contributed by atoms with Crippen molar-refractivity contribution in [3.05, 3.63) is 0 Å². The molecule has 6 nitrogen and oxygen atoms in total. The van der Waals surface area contributed by atoms with Crippen molar-refractivity contribution in [2.24, 2.45) is 17.8 Å². The van der Waals surface area contributed by atoms with Crippen LogP contribution in [0.25, 0.3) is 0 Å². The van der Waals surface area contributed by atoms with Gasteiger partial charge in [0.05, 0.1) is 12.3 Å². The lowest BCUT2D eigenvalue weighted by atomic mass is 9.83. The molecule has 0 radical (unpaired) electrons. The van der Waals surface area contributed by atoms with Crippen LogP contribution in [0.15, 0.2) is 0 Å². The minimum Gasteiger partial charge on any atom is -0.393 e. The first-order chi connectivity index (χ1) is 7.49. The van der Waals surface area contributed by atoms with Crippen LogP contribution in [-0.4, -0.2) is 23.9 Å². The first-order valence-corrected chi connectivity index (χ1v) is 4.99. The van der Waals surface area contributed by atoms with Crippen LogP contribution < -0.4 is 0 Å². The van der Waals surface area contributed by atoms with Gasteiger partial charge in [-0.05, 0) is 12.3 Å². The summed E-state index contributed by atoms with van der Waals surface area (Å²) in [5.41, 5.74) is 0. The molecule has 2 rings (SSSR count). The summed E-state index contributed by atoms with van der Waals surface area (Å²) in [4.78, 5) is 43.9. The highest BCUT2D eigenvalue weighted by Gasteiger charge is 2.47. The quantitative estimate of drug-likeness (QED) is 0.489. The summed E-state index contributed by atoms with van der Waals surface area (Å²) in [5, 5.41) is 0. The molecule has 2 aliphatic rings. The Morgan fingerprint density at radius 2 is 1.75 bits per heavy atom. The Morgan fingerprint density at radius 1 is 1.12 bits per heavy atom. The Morgan fingerprint density at radius 3 is 2.19 bits per heavy atom. The summed E-state index contributed by atoms with van der Waals surface area (Å²) in [5.74, 6) is -3.88. The zero-order chi connectivity index (χ0) is 11.9. The SMILES string of the molecule is CC(CC1CC(=O)OC1=O)C1C(=O)OC1=O. The molecule has 0 aromatic heterocycles. The number of carbonyl (C=O) groups excluding carboxylic acids is 4. The molecule has 2 fully saturated rings. The Balaban J connectivity index is 1.95. The van der Waals surface area contributed by atoms with Gasteiger partial charge in [-0.1, -0.05) is 6.92 Å². The number of hydrogen-bond acceptors (Lipinski definition) is 6. The molecular formula is C10H10O6. The van der Waals surface area contributed by atoms with E-state index in [0.717, 1.165) is 0 Å². The fraction of sp³-hybridized carbons (Fsp3) is 0.600. The third-order valence-electron chi connectivity index (χ3n) is 2.90. The molecule has 2 heterocycles. The molecule has 2 saturated heterocycles. The smallest absolute Gasteiger partial charge is 0.328 e. The van der Waals surface area contributed by atoms with Crippen LogP contribution in [0.5, 0.6) is 0 Å². The molecule has 16 heavy (non-hydrogen) atoms.